The van der Waals surface area contributed by atoms with Gasteiger partial charge in [-0.1, -0.05) is 0 Å². The minimum Gasteiger partial charge on any atom is -0.341 e. The van der Waals surface area contributed by atoms with Crippen LogP contribution in [0.15, 0.2) is 0 Å². The van der Waals surface area contributed by atoms with E-state index in [-0.39, 0.29) is 12.8 Å². The van der Waals surface area contributed by atoms with Gasteiger partial charge in [-0.25, -0.2) is 4.79 Å². The predicted octanol–water partition coefficient (Wildman–Crippen LogP) is -1.32. The Balaban J connectivity index is 3.44. The number of amides is 2. The summed E-state index contributed by atoms with van der Waals surface area (Å²) in [7, 11) is 1.42. The topological polar surface area (TPSA) is 75.3 Å². The van der Waals surface area contributed by atoms with Crippen molar-refractivity contribution in [2.45, 2.75) is 0 Å². The van der Waals surface area contributed by atoms with Crippen molar-refractivity contribution in [1.29, 1.82) is 0 Å². The van der Waals surface area contributed by atoms with Crippen molar-refractivity contribution in [2.75, 3.05) is 13.6 Å². The molecule has 0 aliphatic carbocycles. The number of rotatable bonds is 3. The molecule has 56 valence electrons. The third kappa shape index (κ3) is 3.59. The Labute approximate surface area is 57.8 Å². The Morgan fingerprint density at radius 1 is 1.50 bits per heavy atom. The van der Waals surface area contributed by atoms with Gasteiger partial charge in [0.25, 0.3) is 0 Å². The first-order valence-corrected chi connectivity index (χ1v) is 2.64. The molecule has 2 N–H and O–H groups in total. The van der Waals surface area contributed by atoms with Crippen LogP contribution in [-0.4, -0.2) is 31.7 Å². The lowest BCUT2D eigenvalue weighted by Crippen LogP contribution is -2.36. The van der Waals surface area contributed by atoms with E-state index in [1.807, 2.05) is 0 Å². The van der Waals surface area contributed by atoms with Gasteiger partial charge in [0.2, 0.25) is 5.78 Å². The second kappa shape index (κ2) is 4.49. The number of carbonyl (C=O) groups is 3. The summed E-state index contributed by atoms with van der Waals surface area (Å²) in [6.45, 7) is -0.247. The first kappa shape index (κ1) is 8.61. The molecule has 0 radical (unpaired) electrons. The summed E-state index contributed by atoms with van der Waals surface area (Å²) < 4.78 is 0. The maximum atomic E-state index is 10.3. The summed E-state index contributed by atoms with van der Waals surface area (Å²) in [5.74, 6) is -0.649. The van der Waals surface area contributed by atoms with Gasteiger partial charge in [0, 0.05) is 7.05 Å². The Bertz CT molecular complexity index is 155. The fourth-order valence-corrected chi connectivity index (χ4v) is 0.297. The van der Waals surface area contributed by atoms with E-state index in [4.69, 9.17) is 0 Å². The molecule has 5 heteroatoms. The van der Waals surface area contributed by atoms with Gasteiger partial charge in [-0.2, -0.15) is 0 Å². The number of hydrogen-bond acceptors (Lipinski definition) is 3. The SMILES string of the molecule is CNC(=O)NCC(=O)C=O. The van der Waals surface area contributed by atoms with Crippen molar-refractivity contribution >= 4 is 18.1 Å². The number of Topliss-reactive ketones (excluding diaryl/α,β-unsaturated/α-hetero) is 1. The molecule has 0 atom stereocenters. The third-order valence-electron chi connectivity index (χ3n) is 0.782. The minimum absolute atomic E-state index is 0.163. The number of ketones is 1. The van der Waals surface area contributed by atoms with E-state index < -0.39 is 11.8 Å². The van der Waals surface area contributed by atoms with Crippen LogP contribution in [0.3, 0.4) is 0 Å². The number of urea groups is 1. The Morgan fingerprint density at radius 2 is 2.10 bits per heavy atom. The molecule has 0 saturated heterocycles. The first-order chi connectivity index (χ1) is 4.70. The lowest BCUT2D eigenvalue weighted by Gasteiger charge is -1.98. The van der Waals surface area contributed by atoms with Crippen molar-refractivity contribution in [3.63, 3.8) is 0 Å². The molecule has 0 saturated carbocycles. The number of nitrogens with one attached hydrogen (secondary N) is 2. The van der Waals surface area contributed by atoms with Crippen molar-refractivity contribution in [3.05, 3.63) is 0 Å². The summed E-state index contributed by atoms with van der Waals surface area (Å²) in [5.41, 5.74) is 0. The maximum absolute atomic E-state index is 10.3. The average Bonchev–Trinajstić information content (AvgIpc) is 1.99. The highest BCUT2D eigenvalue weighted by atomic mass is 16.2. The molecular formula is C5H8N2O3. The molecular weight excluding hydrogens is 136 g/mol. The third-order valence-corrected chi connectivity index (χ3v) is 0.782. The Morgan fingerprint density at radius 3 is 2.50 bits per heavy atom. The van der Waals surface area contributed by atoms with E-state index in [9.17, 15) is 14.4 Å². The van der Waals surface area contributed by atoms with E-state index in [1.54, 1.807) is 0 Å². The summed E-state index contributed by atoms with van der Waals surface area (Å²) in [5, 5.41) is 4.38. The van der Waals surface area contributed by atoms with Gasteiger partial charge < -0.3 is 10.6 Å². The highest BCUT2D eigenvalue weighted by Gasteiger charge is 1.99. The average molecular weight is 144 g/mol. The summed E-state index contributed by atoms with van der Waals surface area (Å²) >= 11 is 0. The smallest absolute Gasteiger partial charge is 0.314 e. The molecule has 0 aliphatic heterocycles. The van der Waals surface area contributed by atoms with E-state index in [1.165, 1.54) is 7.05 Å². The fourth-order valence-electron chi connectivity index (χ4n) is 0.297. The monoisotopic (exact) mass is 144 g/mol. The van der Waals surface area contributed by atoms with Crippen LogP contribution in [0.2, 0.25) is 0 Å². The molecule has 5 nitrogen and oxygen atoms in total. The summed E-state index contributed by atoms with van der Waals surface area (Å²) in [6, 6.07) is -0.477. The standard InChI is InChI=1S/C5H8N2O3/c1-6-5(10)7-2-4(9)3-8/h3H,2H2,1H3,(H2,6,7,10). The van der Waals surface area contributed by atoms with Crippen LogP contribution in [0.5, 0.6) is 0 Å². The quantitative estimate of drug-likeness (QED) is 0.381. The van der Waals surface area contributed by atoms with Crippen LogP contribution in [0, 0.1) is 0 Å². The largest absolute Gasteiger partial charge is 0.341 e. The second-order valence-corrected chi connectivity index (χ2v) is 1.52. The minimum atomic E-state index is -0.649. The van der Waals surface area contributed by atoms with E-state index in [0.717, 1.165) is 0 Å². The van der Waals surface area contributed by atoms with Crippen molar-refractivity contribution < 1.29 is 14.4 Å². The molecule has 0 aliphatic rings. The van der Waals surface area contributed by atoms with Gasteiger partial charge >= 0.3 is 6.03 Å². The molecule has 0 bridgehead atoms. The van der Waals surface area contributed by atoms with Gasteiger partial charge in [-0.15, -0.1) is 0 Å². The van der Waals surface area contributed by atoms with E-state index in [2.05, 4.69) is 10.6 Å². The number of carbonyl (C=O) groups excluding carboxylic acids is 3. The zero-order chi connectivity index (χ0) is 7.98. The van der Waals surface area contributed by atoms with Crippen LogP contribution in [0.4, 0.5) is 4.79 Å². The number of aldehydes is 1. The summed E-state index contributed by atoms with van der Waals surface area (Å²) in [6.07, 6.45) is 0.163. The summed E-state index contributed by atoms with van der Waals surface area (Å²) in [4.78, 5) is 30.2. The van der Waals surface area contributed by atoms with Gasteiger partial charge in [0.05, 0.1) is 6.54 Å². The fraction of sp³-hybridized carbons (Fsp3) is 0.400. The van der Waals surface area contributed by atoms with Crippen molar-refractivity contribution in [1.82, 2.24) is 10.6 Å². The van der Waals surface area contributed by atoms with Crippen molar-refractivity contribution in [2.24, 2.45) is 0 Å². The van der Waals surface area contributed by atoms with Crippen LogP contribution >= 0.6 is 0 Å². The zero-order valence-electron chi connectivity index (χ0n) is 5.51. The predicted molar refractivity (Wildman–Crippen MR) is 33.5 cm³/mol. The lowest BCUT2D eigenvalue weighted by atomic mass is 10.4. The molecule has 0 aromatic carbocycles. The first-order valence-electron chi connectivity index (χ1n) is 2.64. The normalized spacial score (nSPS) is 8.10. The lowest BCUT2D eigenvalue weighted by molar-refractivity contribution is -0.129. The molecule has 0 aromatic rings. The molecule has 0 fully saturated rings. The molecule has 0 heterocycles. The van der Waals surface area contributed by atoms with Gasteiger partial charge in [-0.3, -0.25) is 9.59 Å². The highest BCUT2D eigenvalue weighted by molar-refractivity contribution is 6.26. The molecule has 0 aromatic heterocycles. The van der Waals surface area contributed by atoms with Crippen LogP contribution in [0.1, 0.15) is 0 Å². The zero-order valence-corrected chi connectivity index (χ0v) is 5.51. The molecule has 0 spiro atoms. The molecule has 0 rings (SSSR count). The van der Waals surface area contributed by atoms with E-state index >= 15 is 0 Å². The van der Waals surface area contributed by atoms with Crippen molar-refractivity contribution in [3.8, 4) is 0 Å². The van der Waals surface area contributed by atoms with Gasteiger partial charge in [-0.05, 0) is 0 Å². The van der Waals surface area contributed by atoms with Gasteiger partial charge in [0.15, 0.2) is 6.29 Å². The Kier molecular flexibility index (Phi) is 3.86. The number of hydrogen-bond donors (Lipinski definition) is 2. The molecule has 10 heavy (non-hydrogen) atoms. The Hall–Kier alpha value is -1.39. The molecule has 2 amide bonds. The van der Waals surface area contributed by atoms with Crippen LogP contribution in [0.25, 0.3) is 0 Å². The second-order valence-electron chi connectivity index (χ2n) is 1.52. The highest BCUT2D eigenvalue weighted by Crippen LogP contribution is 1.63. The van der Waals surface area contributed by atoms with Crippen LogP contribution < -0.4 is 10.6 Å². The van der Waals surface area contributed by atoms with E-state index in [0.29, 0.717) is 0 Å². The van der Waals surface area contributed by atoms with Crippen LogP contribution in [-0.2, 0) is 9.59 Å². The molecule has 0 unspecified atom stereocenters. The van der Waals surface area contributed by atoms with Gasteiger partial charge in [0.1, 0.15) is 0 Å². The maximum Gasteiger partial charge on any atom is 0.314 e.